The van der Waals surface area contributed by atoms with Crippen LogP contribution in [0.4, 0.5) is 5.69 Å². The Morgan fingerprint density at radius 3 is 2.59 bits per heavy atom. The largest absolute Gasteiger partial charge is 0.350 e. The molecule has 94 valence electrons. The van der Waals surface area contributed by atoms with Crippen LogP contribution in [0.2, 0.25) is 0 Å². The van der Waals surface area contributed by atoms with Gasteiger partial charge in [0.05, 0.1) is 17.6 Å². The number of carbonyl (C=O) groups excluding carboxylic acids is 1. The third kappa shape index (κ3) is 4.76. The maximum atomic E-state index is 11.5. The fourth-order valence-electron chi connectivity index (χ4n) is 1.01. The van der Waals surface area contributed by atoms with Gasteiger partial charge < -0.3 is 10.7 Å². The van der Waals surface area contributed by atoms with E-state index < -0.39 is 15.9 Å². The molecule has 0 aliphatic carbocycles. The van der Waals surface area contributed by atoms with Gasteiger partial charge in [-0.2, -0.15) is 0 Å². The van der Waals surface area contributed by atoms with E-state index in [9.17, 15) is 13.2 Å². The molecule has 0 saturated heterocycles. The average Bonchev–Trinajstić information content (AvgIpc) is 2.27. The van der Waals surface area contributed by atoms with E-state index in [0.29, 0.717) is 5.69 Å². The molecule has 0 bridgehead atoms. The number of sulfonamides is 1. The molecular weight excluding hydrogens is 246 g/mol. The minimum atomic E-state index is -3.57. The first-order valence-corrected chi connectivity index (χ1v) is 6.35. The normalized spacial score (nSPS) is 10.9. The van der Waals surface area contributed by atoms with Gasteiger partial charge in [-0.25, -0.2) is 18.5 Å². The number of primary sulfonamides is 1. The Kier molecular flexibility index (Phi) is 4.37. The fourth-order valence-corrected chi connectivity index (χ4v) is 1.40. The lowest BCUT2D eigenvalue weighted by Gasteiger charge is -2.04. The van der Waals surface area contributed by atoms with E-state index in [2.05, 4.69) is 15.7 Å². The van der Waals surface area contributed by atoms with E-state index in [0.717, 1.165) is 0 Å². The lowest BCUT2D eigenvalue weighted by molar-refractivity contribution is 0.0951. The number of hydrogen-bond donors (Lipinski definition) is 4. The minimum absolute atomic E-state index is 0.0593. The molecule has 6 N–H and O–H groups in total. The first-order valence-electron chi connectivity index (χ1n) is 4.64. The van der Waals surface area contributed by atoms with Crippen LogP contribution in [0.25, 0.3) is 0 Å². The van der Waals surface area contributed by atoms with Crippen LogP contribution in [-0.2, 0) is 10.0 Å². The maximum Gasteiger partial charge on any atom is 0.269 e. The van der Waals surface area contributed by atoms with Gasteiger partial charge in [-0.1, -0.05) is 0 Å². The van der Waals surface area contributed by atoms with Crippen molar-refractivity contribution in [3.8, 4) is 0 Å². The summed E-state index contributed by atoms with van der Waals surface area (Å²) in [7, 11) is -3.57. The predicted octanol–water partition coefficient (Wildman–Crippen LogP) is -1.61. The highest BCUT2D eigenvalue weighted by Gasteiger charge is 2.08. The molecule has 0 atom stereocenters. The number of hydrazine groups is 1. The number of nitrogens with one attached hydrogen (secondary N) is 2. The molecule has 8 nitrogen and oxygen atoms in total. The van der Waals surface area contributed by atoms with Gasteiger partial charge >= 0.3 is 0 Å². The van der Waals surface area contributed by atoms with Crippen molar-refractivity contribution in [1.82, 2.24) is 10.3 Å². The Bertz CT molecular complexity index is 484. The molecule has 9 heteroatoms. The summed E-state index contributed by atoms with van der Waals surface area (Å²) in [5.41, 5.74) is 3.09. The third-order valence-corrected chi connectivity index (χ3v) is 2.61. The number of rotatable bonds is 5. The van der Waals surface area contributed by atoms with Crippen molar-refractivity contribution < 1.29 is 13.2 Å². The molecule has 17 heavy (non-hydrogen) atoms. The zero-order valence-corrected chi connectivity index (χ0v) is 9.70. The summed E-state index contributed by atoms with van der Waals surface area (Å²) in [5.74, 6) is 4.34. The van der Waals surface area contributed by atoms with Gasteiger partial charge in [0.25, 0.3) is 5.91 Å². The summed E-state index contributed by atoms with van der Waals surface area (Å²) in [6.07, 6.45) is 1.38. The van der Waals surface area contributed by atoms with E-state index in [1.165, 1.54) is 12.3 Å². The van der Waals surface area contributed by atoms with Crippen molar-refractivity contribution in [2.24, 2.45) is 11.0 Å². The summed E-state index contributed by atoms with van der Waals surface area (Å²) in [6.45, 7) is -0.0593. The lowest BCUT2D eigenvalue weighted by atomic mass is 10.3. The second-order valence-electron chi connectivity index (χ2n) is 3.20. The van der Waals surface area contributed by atoms with Crippen LogP contribution in [0.15, 0.2) is 18.3 Å². The molecule has 0 unspecified atom stereocenters. The highest BCUT2D eigenvalue weighted by Crippen LogP contribution is 2.03. The fraction of sp³-hybridized carbons (Fsp3) is 0.250. The molecule has 1 aromatic rings. The molecule has 0 fully saturated rings. The summed E-state index contributed by atoms with van der Waals surface area (Å²) in [6, 6.07) is 3.03. The maximum absolute atomic E-state index is 11.5. The predicted molar refractivity (Wildman–Crippen MR) is 62.4 cm³/mol. The van der Waals surface area contributed by atoms with Crippen molar-refractivity contribution in [3.63, 3.8) is 0 Å². The van der Waals surface area contributed by atoms with E-state index >= 15 is 0 Å². The molecule has 0 spiro atoms. The Balaban J connectivity index is 2.52. The summed E-state index contributed by atoms with van der Waals surface area (Å²) in [4.78, 5) is 15.3. The highest BCUT2D eigenvalue weighted by atomic mass is 32.2. The van der Waals surface area contributed by atoms with E-state index in [-0.39, 0.29) is 18.0 Å². The number of hydrogen-bond acceptors (Lipinski definition) is 6. The van der Waals surface area contributed by atoms with Crippen LogP contribution >= 0.6 is 0 Å². The zero-order valence-electron chi connectivity index (χ0n) is 8.88. The molecule has 1 rings (SSSR count). The summed E-state index contributed by atoms with van der Waals surface area (Å²) < 4.78 is 21.2. The van der Waals surface area contributed by atoms with Crippen molar-refractivity contribution in [1.29, 1.82) is 0 Å². The van der Waals surface area contributed by atoms with Gasteiger partial charge in [0.2, 0.25) is 10.0 Å². The van der Waals surface area contributed by atoms with Crippen LogP contribution in [0.3, 0.4) is 0 Å². The van der Waals surface area contributed by atoms with Gasteiger partial charge in [0.1, 0.15) is 5.69 Å². The number of anilines is 1. The van der Waals surface area contributed by atoms with Gasteiger partial charge in [0.15, 0.2) is 0 Å². The van der Waals surface area contributed by atoms with E-state index in [1.807, 2.05) is 0 Å². The standard InChI is InChI=1S/C8H13N5O3S/c9-13-6-1-2-7(12-5-6)8(14)11-3-4-17(10,15)16/h1-2,5,13H,3-4,9H2,(H,11,14)(H2,10,15,16). The average molecular weight is 259 g/mol. The number of pyridine rings is 1. The van der Waals surface area contributed by atoms with Crippen LogP contribution in [-0.4, -0.2) is 31.6 Å². The van der Waals surface area contributed by atoms with Gasteiger partial charge in [-0.05, 0) is 12.1 Å². The van der Waals surface area contributed by atoms with Crippen LogP contribution in [0.1, 0.15) is 10.5 Å². The van der Waals surface area contributed by atoms with E-state index in [4.69, 9.17) is 11.0 Å². The second-order valence-corrected chi connectivity index (χ2v) is 4.93. The molecular formula is C8H13N5O3S. The molecule has 0 aliphatic rings. The Labute approximate surface area is 98.4 Å². The van der Waals surface area contributed by atoms with Crippen molar-refractivity contribution in [3.05, 3.63) is 24.0 Å². The summed E-state index contributed by atoms with van der Waals surface area (Å²) in [5, 5.41) is 7.16. The van der Waals surface area contributed by atoms with Crippen LogP contribution in [0.5, 0.6) is 0 Å². The SMILES string of the molecule is NNc1ccc(C(=O)NCCS(N)(=O)=O)nc1. The van der Waals surface area contributed by atoms with Crippen molar-refractivity contribution >= 4 is 21.6 Å². The Morgan fingerprint density at radius 2 is 2.12 bits per heavy atom. The van der Waals surface area contributed by atoms with Crippen molar-refractivity contribution in [2.75, 3.05) is 17.7 Å². The molecule has 0 aromatic carbocycles. The molecule has 0 saturated carbocycles. The van der Waals surface area contributed by atoms with Crippen LogP contribution in [0, 0.1) is 0 Å². The Morgan fingerprint density at radius 1 is 1.41 bits per heavy atom. The van der Waals surface area contributed by atoms with E-state index in [1.54, 1.807) is 6.07 Å². The quantitative estimate of drug-likeness (QED) is 0.370. The highest BCUT2D eigenvalue weighted by molar-refractivity contribution is 7.89. The van der Waals surface area contributed by atoms with Gasteiger partial charge in [-0.3, -0.25) is 10.6 Å². The number of aromatic nitrogens is 1. The number of nitrogen functional groups attached to an aromatic ring is 1. The van der Waals surface area contributed by atoms with Crippen molar-refractivity contribution in [2.45, 2.75) is 0 Å². The molecule has 1 aromatic heterocycles. The lowest BCUT2D eigenvalue weighted by Crippen LogP contribution is -2.31. The third-order valence-electron chi connectivity index (χ3n) is 1.83. The second kappa shape index (κ2) is 5.57. The topological polar surface area (TPSA) is 140 Å². The molecule has 1 amide bonds. The van der Waals surface area contributed by atoms with Gasteiger partial charge in [0, 0.05) is 6.54 Å². The number of nitrogens with two attached hydrogens (primary N) is 2. The zero-order chi connectivity index (χ0) is 12.9. The number of amides is 1. The minimum Gasteiger partial charge on any atom is -0.350 e. The van der Waals surface area contributed by atoms with Crippen LogP contribution < -0.4 is 21.7 Å². The molecule has 1 heterocycles. The number of nitrogens with zero attached hydrogens (tertiary/aromatic N) is 1. The van der Waals surface area contributed by atoms with Gasteiger partial charge in [-0.15, -0.1) is 0 Å². The Hall–Kier alpha value is -1.71. The monoisotopic (exact) mass is 259 g/mol. The smallest absolute Gasteiger partial charge is 0.269 e. The summed E-state index contributed by atoms with van der Waals surface area (Å²) >= 11 is 0. The first-order chi connectivity index (χ1) is 7.92. The molecule has 0 aliphatic heterocycles. The number of carbonyl (C=O) groups is 1. The molecule has 0 radical (unpaired) electrons. The first kappa shape index (κ1) is 13.4.